The lowest BCUT2D eigenvalue weighted by Gasteiger charge is -2.36. The molecule has 1 saturated carbocycles. The number of hydrogen-bond acceptors (Lipinski definition) is 3. The Morgan fingerprint density at radius 3 is 2.64 bits per heavy atom. The van der Waals surface area contributed by atoms with Gasteiger partial charge in [0.1, 0.15) is 0 Å². The highest BCUT2D eigenvalue weighted by Crippen LogP contribution is 2.28. The van der Waals surface area contributed by atoms with E-state index in [0.717, 1.165) is 43.9 Å². The molecule has 1 N–H and O–H groups in total. The van der Waals surface area contributed by atoms with E-state index in [2.05, 4.69) is 10.3 Å². The molecule has 8 heteroatoms. The summed E-state index contributed by atoms with van der Waals surface area (Å²) in [5.41, 5.74) is 1.80. The topological polar surface area (TPSA) is 68.2 Å². The fourth-order valence-corrected chi connectivity index (χ4v) is 3.41. The van der Waals surface area contributed by atoms with Crippen LogP contribution in [0.5, 0.6) is 0 Å². The van der Waals surface area contributed by atoms with Gasteiger partial charge in [-0.15, -0.1) is 24.0 Å². The molecule has 1 aliphatic heterocycles. The second-order valence-corrected chi connectivity index (χ2v) is 7.36. The van der Waals surface area contributed by atoms with Gasteiger partial charge in [0.2, 0.25) is 5.91 Å². The molecule has 2 amide bonds. The van der Waals surface area contributed by atoms with E-state index in [1.807, 2.05) is 34.1 Å². The summed E-state index contributed by atoms with van der Waals surface area (Å²) in [7, 11) is 5.26. The molecule has 1 aromatic carbocycles. The van der Waals surface area contributed by atoms with Gasteiger partial charge in [0, 0.05) is 52.4 Å². The van der Waals surface area contributed by atoms with Crippen molar-refractivity contribution in [2.45, 2.75) is 25.3 Å². The van der Waals surface area contributed by atoms with Crippen molar-refractivity contribution in [1.82, 2.24) is 20.0 Å². The number of carbonyl (C=O) groups excluding carboxylic acids is 2. The number of piperazine rings is 1. The Labute approximate surface area is 184 Å². The number of guanidine groups is 1. The highest BCUT2D eigenvalue weighted by Gasteiger charge is 2.36. The number of halogens is 1. The van der Waals surface area contributed by atoms with Gasteiger partial charge in [-0.3, -0.25) is 14.6 Å². The number of carbonyl (C=O) groups is 2. The first-order valence-electron chi connectivity index (χ1n) is 9.55. The van der Waals surface area contributed by atoms with E-state index in [9.17, 15) is 9.59 Å². The van der Waals surface area contributed by atoms with Crippen LogP contribution in [0.3, 0.4) is 0 Å². The minimum absolute atomic E-state index is 0. The van der Waals surface area contributed by atoms with Gasteiger partial charge in [0.25, 0.3) is 5.91 Å². The van der Waals surface area contributed by atoms with Crippen LogP contribution in [-0.2, 0) is 11.2 Å². The average molecular weight is 499 g/mol. The number of hydrogen-bond donors (Lipinski definition) is 1. The van der Waals surface area contributed by atoms with Gasteiger partial charge in [0.15, 0.2) is 5.96 Å². The monoisotopic (exact) mass is 499 g/mol. The molecule has 0 atom stereocenters. The van der Waals surface area contributed by atoms with Crippen molar-refractivity contribution in [3.8, 4) is 0 Å². The Bertz CT molecular complexity index is 733. The lowest BCUT2D eigenvalue weighted by Crippen LogP contribution is -2.55. The molecule has 28 heavy (non-hydrogen) atoms. The predicted octanol–water partition coefficient (Wildman–Crippen LogP) is 1.43. The molecular weight excluding hydrogens is 469 g/mol. The first-order chi connectivity index (χ1) is 13.0. The highest BCUT2D eigenvalue weighted by molar-refractivity contribution is 14.0. The zero-order chi connectivity index (χ0) is 19.4. The molecule has 1 saturated heterocycles. The van der Waals surface area contributed by atoms with Crippen molar-refractivity contribution in [2.24, 2.45) is 4.99 Å². The number of aliphatic imine (C=N–C) groups is 1. The Kier molecular flexibility index (Phi) is 8.09. The van der Waals surface area contributed by atoms with E-state index in [0.29, 0.717) is 24.7 Å². The summed E-state index contributed by atoms with van der Waals surface area (Å²) in [6.45, 7) is 2.68. The molecule has 0 spiro atoms. The van der Waals surface area contributed by atoms with Crippen LogP contribution < -0.4 is 5.32 Å². The summed E-state index contributed by atoms with van der Waals surface area (Å²) in [5.74, 6) is 0.966. The Hall–Kier alpha value is -1.84. The van der Waals surface area contributed by atoms with Crippen LogP contribution in [0, 0.1) is 0 Å². The van der Waals surface area contributed by atoms with Gasteiger partial charge < -0.3 is 20.0 Å². The lowest BCUT2D eigenvalue weighted by atomic mass is 10.1. The summed E-state index contributed by atoms with van der Waals surface area (Å²) < 4.78 is 0. The summed E-state index contributed by atoms with van der Waals surface area (Å²) in [6.07, 6.45) is 3.08. The first kappa shape index (κ1) is 22.4. The summed E-state index contributed by atoms with van der Waals surface area (Å²) in [5, 5.41) is 3.35. The maximum Gasteiger partial charge on any atom is 0.253 e. The molecule has 0 bridgehead atoms. The summed E-state index contributed by atoms with van der Waals surface area (Å²) in [4.78, 5) is 34.4. The quantitative estimate of drug-likeness (QED) is 0.378. The number of rotatable bonds is 5. The second-order valence-electron chi connectivity index (χ2n) is 7.36. The zero-order valence-corrected chi connectivity index (χ0v) is 19.2. The zero-order valence-electron chi connectivity index (χ0n) is 16.9. The van der Waals surface area contributed by atoms with Crippen LogP contribution in [0.25, 0.3) is 0 Å². The number of nitrogens with zero attached hydrogens (tertiary/aromatic N) is 4. The van der Waals surface area contributed by atoms with Crippen LogP contribution in [0.1, 0.15) is 28.8 Å². The number of nitrogens with one attached hydrogen (secondary N) is 1. The van der Waals surface area contributed by atoms with Crippen LogP contribution in [-0.4, -0.2) is 85.8 Å². The van der Waals surface area contributed by atoms with E-state index >= 15 is 0 Å². The molecule has 154 valence electrons. The molecule has 1 aliphatic carbocycles. The van der Waals surface area contributed by atoms with Crippen molar-refractivity contribution in [1.29, 1.82) is 0 Å². The van der Waals surface area contributed by atoms with E-state index in [1.54, 1.807) is 26.0 Å². The molecule has 3 rings (SSSR count). The molecule has 1 aromatic rings. The molecular formula is C20H30IN5O2. The second kappa shape index (κ2) is 10.1. The predicted molar refractivity (Wildman–Crippen MR) is 121 cm³/mol. The molecule has 2 aliphatic rings. The van der Waals surface area contributed by atoms with Crippen LogP contribution >= 0.6 is 24.0 Å². The van der Waals surface area contributed by atoms with E-state index in [-0.39, 0.29) is 35.8 Å². The van der Waals surface area contributed by atoms with Crippen molar-refractivity contribution in [3.63, 3.8) is 0 Å². The van der Waals surface area contributed by atoms with Gasteiger partial charge in [-0.1, -0.05) is 12.1 Å². The van der Waals surface area contributed by atoms with Crippen molar-refractivity contribution in [3.05, 3.63) is 35.4 Å². The van der Waals surface area contributed by atoms with Gasteiger partial charge in [-0.25, -0.2) is 0 Å². The first-order valence-corrected chi connectivity index (χ1v) is 9.55. The third-order valence-electron chi connectivity index (χ3n) is 5.03. The normalized spacial score (nSPS) is 17.2. The lowest BCUT2D eigenvalue weighted by molar-refractivity contribution is -0.135. The molecule has 2 fully saturated rings. The average Bonchev–Trinajstić information content (AvgIpc) is 3.49. The molecule has 0 aromatic heterocycles. The Morgan fingerprint density at radius 1 is 1.29 bits per heavy atom. The maximum absolute atomic E-state index is 12.3. The van der Waals surface area contributed by atoms with Crippen molar-refractivity contribution in [2.75, 3.05) is 47.3 Å². The molecule has 0 radical (unpaired) electrons. The molecule has 7 nitrogen and oxygen atoms in total. The SMILES string of the molecule is CN=C(NCCc1cccc(C(=O)N(C)C)c1)N1CCN(C2CC2)C(=O)C1.I. The summed E-state index contributed by atoms with van der Waals surface area (Å²) in [6, 6.07) is 8.19. The van der Waals surface area contributed by atoms with Gasteiger partial charge in [-0.2, -0.15) is 0 Å². The van der Waals surface area contributed by atoms with Crippen molar-refractivity contribution >= 4 is 41.8 Å². The summed E-state index contributed by atoms with van der Waals surface area (Å²) >= 11 is 0. The van der Waals surface area contributed by atoms with Crippen molar-refractivity contribution < 1.29 is 9.59 Å². The molecule has 1 heterocycles. The fourth-order valence-electron chi connectivity index (χ4n) is 3.41. The maximum atomic E-state index is 12.3. The van der Waals surface area contributed by atoms with Gasteiger partial charge >= 0.3 is 0 Å². The minimum atomic E-state index is 0. The highest BCUT2D eigenvalue weighted by atomic mass is 127. The van der Waals surface area contributed by atoms with Crippen LogP contribution in [0.15, 0.2) is 29.3 Å². The number of benzene rings is 1. The number of amides is 2. The van der Waals surface area contributed by atoms with E-state index in [4.69, 9.17) is 0 Å². The minimum Gasteiger partial charge on any atom is -0.356 e. The standard InChI is InChI=1S/C20H29N5O2.HI/c1-21-20(24-11-12-25(17-7-8-17)18(26)14-24)22-10-9-15-5-4-6-16(13-15)19(27)23(2)3;/h4-6,13,17H,7-12,14H2,1-3H3,(H,21,22);1H. The van der Waals surface area contributed by atoms with E-state index in [1.165, 1.54) is 0 Å². The third-order valence-corrected chi connectivity index (χ3v) is 5.03. The third kappa shape index (κ3) is 5.59. The molecule has 0 unspecified atom stereocenters. The van der Waals surface area contributed by atoms with Gasteiger partial charge in [0.05, 0.1) is 6.54 Å². The Balaban J connectivity index is 0.00000280. The fraction of sp³-hybridized carbons (Fsp3) is 0.550. The van der Waals surface area contributed by atoms with Crippen LogP contribution in [0.4, 0.5) is 0 Å². The largest absolute Gasteiger partial charge is 0.356 e. The van der Waals surface area contributed by atoms with Gasteiger partial charge in [-0.05, 0) is 37.0 Å². The van der Waals surface area contributed by atoms with Crippen LogP contribution in [0.2, 0.25) is 0 Å². The smallest absolute Gasteiger partial charge is 0.253 e. The van der Waals surface area contributed by atoms with E-state index < -0.39 is 0 Å². The Morgan fingerprint density at radius 2 is 2.04 bits per heavy atom.